The van der Waals surface area contributed by atoms with E-state index in [0.29, 0.717) is 5.69 Å². The fourth-order valence-corrected chi connectivity index (χ4v) is 1.97. The normalized spacial score (nSPS) is 13.8. The van der Waals surface area contributed by atoms with Gasteiger partial charge in [0, 0.05) is 11.3 Å². The second-order valence-corrected chi connectivity index (χ2v) is 4.72. The van der Waals surface area contributed by atoms with Crippen molar-refractivity contribution in [3.05, 3.63) is 65.5 Å². The van der Waals surface area contributed by atoms with Crippen molar-refractivity contribution in [3.63, 3.8) is 0 Å². The van der Waals surface area contributed by atoms with Crippen LogP contribution in [-0.4, -0.2) is 11.7 Å². The minimum atomic E-state index is -1.22. The SMILES string of the molecule is CC(CO)(Nc1ccc(F)cc1)c1cccc(F)c1F. The minimum Gasteiger partial charge on any atom is -0.394 e. The van der Waals surface area contributed by atoms with Crippen LogP contribution in [0.4, 0.5) is 18.9 Å². The van der Waals surface area contributed by atoms with Crippen LogP contribution >= 0.6 is 0 Å². The molecule has 2 aromatic rings. The molecule has 2 aromatic carbocycles. The molecule has 0 aromatic heterocycles. The number of rotatable bonds is 4. The first-order valence-corrected chi connectivity index (χ1v) is 6.05. The van der Waals surface area contributed by atoms with Crippen molar-refractivity contribution in [3.8, 4) is 0 Å². The highest BCUT2D eigenvalue weighted by Gasteiger charge is 2.30. The molecule has 0 aliphatic rings. The van der Waals surface area contributed by atoms with Crippen molar-refractivity contribution in [1.82, 2.24) is 0 Å². The van der Waals surface area contributed by atoms with Crippen molar-refractivity contribution in [2.75, 3.05) is 11.9 Å². The smallest absolute Gasteiger partial charge is 0.164 e. The average molecular weight is 281 g/mol. The number of benzene rings is 2. The maximum absolute atomic E-state index is 13.9. The second-order valence-electron chi connectivity index (χ2n) is 4.72. The van der Waals surface area contributed by atoms with Crippen LogP contribution in [0.1, 0.15) is 12.5 Å². The minimum absolute atomic E-state index is 0.00400. The van der Waals surface area contributed by atoms with Crippen molar-refractivity contribution in [2.24, 2.45) is 0 Å². The van der Waals surface area contributed by atoms with Crippen LogP contribution < -0.4 is 5.32 Å². The van der Waals surface area contributed by atoms with Gasteiger partial charge in [0.2, 0.25) is 0 Å². The standard InChI is InChI=1S/C15H14F3NO/c1-15(9-20,12-3-2-4-13(17)14(12)18)19-11-7-5-10(16)6-8-11/h2-8,19-20H,9H2,1H3. The van der Waals surface area contributed by atoms with E-state index >= 15 is 0 Å². The van der Waals surface area contributed by atoms with Gasteiger partial charge in [-0.25, -0.2) is 13.2 Å². The molecule has 5 heteroatoms. The molecule has 1 atom stereocenters. The molecule has 0 aliphatic heterocycles. The predicted molar refractivity (Wildman–Crippen MR) is 70.8 cm³/mol. The molecule has 0 aliphatic carbocycles. The summed E-state index contributed by atoms with van der Waals surface area (Å²) in [6, 6.07) is 9.17. The quantitative estimate of drug-likeness (QED) is 0.900. The van der Waals surface area contributed by atoms with Crippen molar-refractivity contribution in [1.29, 1.82) is 0 Å². The van der Waals surface area contributed by atoms with E-state index in [2.05, 4.69) is 5.32 Å². The summed E-state index contributed by atoms with van der Waals surface area (Å²) in [6.45, 7) is 1.08. The Labute approximate surface area is 114 Å². The zero-order chi connectivity index (χ0) is 14.8. The lowest BCUT2D eigenvalue weighted by atomic mass is 9.91. The van der Waals surface area contributed by atoms with Gasteiger partial charge in [0.05, 0.1) is 12.1 Å². The molecule has 2 N–H and O–H groups in total. The van der Waals surface area contributed by atoms with Crippen LogP contribution in [0.3, 0.4) is 0 Å². The van der Waals surface area contributed by atoms with Crippen molar-refractivity contribution in [2.45, 2.75) is 12.5 Å². The zero-order valence-electron chi connectivity index (χ0n) is 10.8. The molecule has 2 rings (SSSR count). The van der Waals surface area contributed by atoms with Crippen molar-refractivity contribution < 1.29 is 18.3 Å². The first-order valence-electron chi connectivity index (χ1n) is 6.05. The Kier molecular flexibility index (Phi) is 3.99. The summed E-state index contributed by atoms with van der Waals surface area (Å²) >= 11 is 0. The predicted octanol–water partition coefficient (Wildman–Crippen LogP) is 3.42. The summed E-state index contributed by atoms with van der Waals surface area (Å²) in [6.07, 6.45) is 0. The van der Waals surface area contributed by atoms with E-state index in [0.717, 1.165) is 6.07 Å². The van der Waals surface area contributed by atoms with E-state index < -0.39 is 29.6 Å². The third-order valence-electron chi connectivity index (χ3n) is 3.13. The number of hydrogen-bond acceptors (Lipinski definition) is 2. The molecule has 0 fully saturated rings. The van der Waals surface area contributed by atoms with E-state index in [9.17, 15) is 18.3 Å². The number of nitrogens with one attached hydrogen (secondary N) is 1. The number of halogens is 3. The molecule has 1 unspecified atom stereocenters. The summed E-state index contributed by atoms with van der Waals surface area (Å²) in [5, 5.41) is 12.4. The molecule has 0 spiro atoms. The van der Waals surface area contributed by atoms with Crippen LogP contribution in [0.25, 0.3) is 0 Å². The van der Waals surface area contributed by atoms with Gasteiger partial charge in [-0.2, -0.15) is 0 Å². The first-order chi connectivity index (χ1) is 9.46. The average Bonchev–Trinajstić information content (AvgIpc) is 2.44. The summed E-state index contributed by atoms with van der Waals surface area (Å²) < 4.78 is 40.0. The molecule has 0 amide bonds. The summed E-state index contributed by atoms with van der Waals surface area (Å²) in [7, 11) is 0. The number of hydrogen-bond donors (Lipinski definition) is 2. The Morgan fingerprint density at radius 2 is 1.70 bits per heavy atom. The van der Waals surface area contributed by atoms with Gasteiger partial charge in [0.15, 0.2) is 11.6 Å². The highest BCUT2D eigenvalue weighted by molar-refractivity contribution is 5.48. The van der Waals surface area contributed by atoms with Crippen molar-refractivity contribution >= 4 is 5.69 Å². The van der Waals surface area contributed by atoms with Gasteiger partial charge in [-0.05, 0) is 37.3 Å². The zero-order valence-corrected chi connectivity index (χ0v) is 10.8. The van der Waals surface area contributed by atoms with Gasteiger partial charge in [-0.15, -0.1) is 0 Å². The highest BCUT2D eigenvalue weighted by Crippen LogP contribution is 2.29. The third kappa shape index (κ3) is 2.77. The monoisotopic (exact) mass is 281 g/mol. The van der Waals surface area contributed by atoms with Gasteiger partial charge in [-0.3, -0.25) is 0 Å². The van der Waals surface area contributed by atoms with Gasteiger partial charge in [0.25, 0.3) is 0 Å². The molecule has 0 bridgehead atoms. The summed E-state index contributed by atoms with van der Waals surface area (Å²) in [5.41, 5.74) is -0.722. The van der Waals surface area contributed by atoms with Crippen LogP contribution in [0, 0.1) is 17.5 Å². The first kappa shape index (κ1) is 14.4. The Balaban J connectivity index is 2.38. The Morgan fingerprint density at radius 3 is 2.30 bits per heavy atom. The molecule has 106 valence electrons. The lowest BCUT2D eigenvalue weighted by Gasteiger charge is -2.31. The molecule has 0 saturated carbocycles. The van der Waals surface area contributed by atoms with Crippen LogP contribution in [-0.2, 0) is 5.54 Å². The summed E-state index contributed by atoms with van der Waals surface area (Å²) in [4.78, 5) is 0. The van der Waals surface area contributed by atoms with E-state index in [1.165, 1.54) is 43.3 Å². The second kappa shape index (κ2) is 5.54. The van der Waals surface area contributed by atoms with Gasteiger partial charge in [0.1, 0.15) is 5.82 Å². The van der Waals surface area contributed by atoms with E-state index in [4.69, 9.17) is 0 Å². The maximum Gasteiger partial charge on any atom is 0.164 e. The van der Waals surface area contributed by atoms with Crippen LogP contribution in [0.15, 0.2) is 42.5 Å². The molecule has 0 heterocycles. The molecule has 0 radical (unpaired) electrons. The Hall–Kier alpha value is -2.01. The molecular weight excluding hydrogens is 267 g/mol. The lowest BCUT2D eigenvalue weighted by molar-refractivity contribution is 0.219. The van der Waals surface area contributed by atoms with Gasteiger partial charge < -0.3 is 10.4 Å². The van der Waals surface area contributed by atoms with Crippen LogP contribution in [0.2, 0.25) is 0 Å². The van der Waals surface area contributed by atoms with Crippen LogP contribution in [0.5, 0.6) is 0 Å². The molecule has 0 saturated heterocycles. The summed E-state index contributed by atoms with van der Waals surface area (Å²) in [5.74, 6) is -2.40. The van der Waals surface area contributed by atoms with E-state index in [1.807, 2.05) is 0 Å². The Morgan fingerprint density at radius 1 is 1.05 bits per heavy atom. The largest absolute Gasteiger partial charge is 0.394 e. The molecule has 2 nitrogen and oxygen atoms in total. The number of aliphatic hydroxyl groups is 1. The van der Waals surface area contributed by atoms with Gasteiger partial charge >= 0.3 is 0 Å². The third-order valence-corrected chi connectivity index (χ3v) is 3.13. The fraction of sp³-hybridized carbons (Fsp3) is 0.200. The topological polar surface area (TPSA) is 32.3 Å². The van der Waals surface area contributed by atoms with E-state index in [1.54, 1.807) is 0 Å². The maximum atomic E-state index is 13.9. The molecular formula is C15H14F3NO. The Bertz CT molecular complexity index is 601. The number of aliphatic hydroxyl groups excluding tert-OH is 1. The van der Waals surface area contributed by atoms with Gasteiger partial charge in [-0.1, -0.05) is 12.1 Å². The highest BCUT2D eigenvalue weighted by atomic mass is 19.2. The number of anilines is 1. The van der Waals surface area contributed by atoms with E-state index in [-0.39, 0.29) is 5.56 Å². The lowest BCUT2D eigenvalue weighted by Crippen LogP contribution is -2.37. The molecule has 20 heavy (non-hydrogen) atoms. The fourth-order valence-electron chi connectivity index (χ4n) is 1.97.